The van der Waals surface area contributed by atoms with Gasteiger partial charge in [0.15, 0.2) is 5.69 Å². The predicted octanol–water partition coefficient (Wildman–Crippen LogP) is 3.50. The minimum absolute atomic E-state index is 0.0193. The molecular weight excluding hydrogens is 286 g/mol. The molecule has 0 atom stereocenters. The molecule has 0 unspecified atom stereocenters. The van der Waals surface area contributed by atoms with Gasteiger partial charge in [0.05, 0.1) is 5.56 Å². The van der Waals surface area contributed by atoms with Crippen LogP contribution in [0.15, 0.2) is 24.4 Å². The quantitative estimate of drug-likeness (QED) is 0.882. The van der Waals surface area contributed by atoms with Crippen molar-refractivity contribution in [2.45, 2.75) is 31.6 Å². The van der Waals surface area contributed by atoms with Gasteiger partial charge in [0.2, 0.25) is 0 Å². The monoisotopic (exact) mass is 299 g/mol. The van der Waals surface area contributed by atoms with Crippen LogP contribution in [0, 0.1) is 5.82 Å². The number of hydrogen-bond donors (Lipinski definition) is 1. The first-order valence-electron chi connectivity index (χ1n) is 6.55. The zero-order chi connectivity index (χ0) is 15.2. The van der Waals surface area contributed by atoms with E-state index in [1.807, 2.05) is 0 Å². The summed E-state index contributed by atoms with van der Waals surface area (Å²) in [7, 11) is 0. The van der Waals surface area contributed by atoms with E-state index in [9.17, 15) is 17.6 Å². The number of benzene rings is 1. The molecule has 21 heavy (non-hydrogen) atoms. The van der Waals surface area contributed by atoms with Crippen molar-refractivity contribution >= 4 is 0 Å². The van der Waals surface area contributed by atoms with Crippen molar-refractivity contribution in [3.63, 3.8) is 0 Å². The van der Waals surface area contributed by atoms with E-state index in [0.717, 1.165) is 19.0 Å². The molecule has 0 spiro atoms. The third kappa shape index (κ3) is 2.65. The molecular formula is C14H13F4N3. The molecule has 0 aliphatic heterocycles. The Morgan fingerprint density at radius 2 is 2.00 bits per heavy atom. The Morgan fingerprint density at radius 1 is 1.29 bits per heavy atom. The molecule has 1 heterocycles. The van der Waals surface area contributed by atoms with Crippen LogP contribution in [0.2, 0.25) is 0 Å². The summed E-state index contributed by atoms with van der Waals surface area (Å²) in [6.45, 7) is 0.169. The van der Waals surface area contributed by atoms with Gasteiger partial charge in [-0.15, -0.1) is 0 Å². The average molecular weight is 299 g/mol. The summed E-state index contributed by atoms with van der Waals surface area (Å²) in [4.78, 5) is 3.60. The number of nitrogens with zero attached hydrogens (tertiary/aromatic N) is 2. The molecule has 1 aromatic heterocycles. The van der Waals surface area contributed by atoms with Gasteiger partial charge >= 0.3 is 6.18 Å². The van der Waals surface area contributed by atoms with E-state index in [-0.39, 0.29) is 24.0 Å². The summed E-state index contributed by atoms with van der Waals surface area (Å²) in [5.74, 6) is -0.593. The van der Waals surface area contributed by atoms with Crippen molar-refractivity contribution in [1.29, 1.82) is 0 Å². The Bertz CT molecular complexity index is 671. The van der Waals surface area contributed by atoms with Gasteiger partial charge < -0.3 is 10.3 Å². The van der Waals surface area contributed by atoms with Crippen LogP contribution in [0.1, 0.15) is 30.1 Å². The highest BCUT2D eigenvalue weighted by atomic mass is 19.4. The molecule has 1 aromatic carbocycles. The van der Waals surface area contributed by atoms with Crippen LogP contribution in [0.3, 0.4) is 0 Å². The molecule has 7 heteroatoms. The Balaban J connectivity index is 2.11. The Hall–Kier alpha value is -1.89. The van der Waals surface area contributed by atoms with Gasteiger partial charge in [-0.1, -0.05) is 6.07 Å². The summed E-state index contributed by atoms with van der Waals surface area (Å²) in [5.41, 5.74) is 5.07. The van der Waals surface area contributed by atoms with Crippen LogP contribution in [-0.2, 0) is 12.7 Å². The maximum Gasteiger partial charge on any atom is 0.434 e. The molecule has 1 saturated carbocycles. The molecule has 0 bridgehead atoms. The Kier molecular flexibility index (Phi) is 3.24. The van der Waals surface area contributed by atoms with E-state index in [4.69, 9.17) is 5.73 Å². The first-order chi connectivity index (χ1) is 9.90. The van der Waals surface area contributed by atoms with Crippen molar-refractivity contribution in [2.24, 2.45) is 5.73 Å². The number of hydrogen-bond acceptors (Lipinski definition) is 2. The van der Waals surface area contributed by atoms with E-state index in [0.29, 0.717) is 5.56 Å². The lowest BCUT2D eigenvalue weighted by Gasteiger charge is -2.08. The van der Waals surface area contributed by atoms with Gasteiger partial charge in [0.25, 0.3) is 0 Å². The summed E-state index contributed by atoms with van der Waals surface area (Å²) >= 11 is 0. The fourth-order valence-corrected chi connectivity index (χ4v) is 2.23. The normalized spacial score (nSPS) is 15.5. The minimum atomic E-state index is -4.54. The molecule has 3 rings (SSSR count). The number of imidazole rings is 1. The summed E-state index contributed by atoms with van der Waals surface area (Å²) in [6.07, 6.45) is -2.02. The van der Waals surface area contributed by atoms with Crippen LogP contribution in [0.4, 0.5) is 17.6 Å². The topological polar surface area (TPSA) is 43.8 Å². The van der Waals surface area contributed by atoms with Crippen molar-refractivity contribution in [3.05, 3.63) is 41.5 Å². The maximum absolute atomic E-state index is 14.1. The molecule has 1 fully saturated rings. The summed E-state index contributed by atoms with van der Waals surface area (Å²) in [5, 5.41) is 0. The number of rotatable bonds is 3. The Morgan fingerprint density at radius 3 is 2.52 bits per heavy atom. The molecule has 0 radical (unpaired) electrons. The second-order valence-corrected chi connectivity index (χ2v) is 5.10. The van der Waals surface area contributed by atoms with Gasteiger partial charge in [-0.3, -0.25) is 0 Å². The van der Waals surface area contributed by atoms with Gasteiger partial charge in [0.1, 0.15) is 11.6 Å². The number of halogens is 4. The van der Waals surface area contributed by atoms with E-state index in [2.05, 4.69) is 4.98 Å². The smallest absolute Gasteiger partial charge is 0.327 e. The van der Waals surface area contributed by atoms with Crippen molar-refractivity contribution in [3.8, 4) is 11.4 Å². The lowest BCUT2D eigenvalue weighted by atomic mass is 10.1. The number of aromatic nitrogens is 2. The van der Waals surface area contributed by atoms with Gasteiger partial charge in [-0.25, -0.2) is 9.37 Å². The van der Waals surface area contributed by atoms with Gasteiger partial charge in [-0.2, -0.15) is 13.2 Å². The third-order valence-electron chi connectivity index (χ3n) is 3.47. The van der Waals surface area contributed by atoms with Gasteiger partial charge in [0, 0.05) is 18.8 Å². The van der Waals surface area contributed by atoms with Gasteiger partial charge in [-0.05, 0) is 30.5 Å². The third-order valence-corrected chi connectivity index (χ3v) is 3.47. The standard InChI is InChI=1S/C14H13F4N3/c15-11-5-8(6-19)1-4-10(11)13-20-12(14(16,17)18)7-21(13)9-2-3-9/h1,4-5,7,9H,2-3,6,19H2. The number of nitrogens with two attached hydrogens (primary N) is 1. The first-order valence-corrected chi connectivity index (χ1v) is 6.55. The maximum atomic E-state index is 14.1. The summed E-state index contributed by atoms with van der Waals surface area (Å²) in [6, 6.07) is 4.22. The first kappa shape index (κ1) is 14.1. The molecule has 1 aliphatic carbocycles. The highest BCUT2D eigenvalue weighted by Crippen LogP contribution is 2.41. The molecule has 3 nitrogen and oxygen atoms in total. The lowest BCUT2D eigenvalue weighted by Crippen LogP contribution is -2.05. The van der Waals surface area contributed by atoms with Crippen LogP contribution in [-0.4, -0.2) is 9.55 Å². The lowest BCUT2D eigenvalue weighted by molar-refractivity contribution is -0.140. The van der Waals surface area contributed by atoms with Crippen molar-refractivity contribution < 1.29 is 17.6 Å². The van der Waals surface area contributed by atoms with Crippen LogP contribution >= 0.6 is 0 Å². The SMILES string of the molecule is NCc1ccc(-c2nc(C(F)(F)F)cn2C2CC2)c(F)c1. The Labute approximate surface area is 118 Å². The van der Waals surface area contributed by atoms with E-state index in [1.165, 1.54) is 16.7 Å². The predicted molar refractivity (Wildman–Crippen MR) is 68.8 cm³/mol. The van der Waals surface area contributed by atoms with Crippen molar-refractivity contribution in [1.82, 2.24) is 9.55 Å². The molecule has 2 aromatic rings. The van der Waals surface area contributed by atoms with E-state index >= 15 is 0 Å². The molecule has 1 aliphatic rings. The van der Waals surface area contributed by atoms with Crippen LogP contribution in [0.25, 0.3) is 11.4 Å². The molecule has 0 saturated heterocycles. The fraction of sp³-hybridized carbons (Fsp3) is 0.357. The average Bonchev–Trinajstić information content (AvgIpc) is 3.16. The van der Waals surface area contributed by atoms with Crippen LogP contribution < -0.4 is 5.73 Å². The highest BCUT2D eigenvalue weighted by Gasteiger charge is 2.37. The van der Waals surface area contributed by atoms with Crippen LogP contribution in [0.5, 0.6) is 0 Å². The molecule has 0 amide bonds. The second kappa shape index (κ2) is 4.84. The van der Waals surface area contributed by atoms with E-state index < -0.39 is 17.7 Å². The number of alkyl halides is 3. The van der Waals surface area contributed by atoms with Crippen molar-refractivity contribution in [2.75, 3.05) is 0 Å². The molecule has 2 N–H and O–H groups in total. The largest absolute Gasteiger partial charge is 0.434 e. The highest BCUT2D eigenvalue weighted by molar-refractivity contribution is 5.58. The summed E-state index contributed by atoms with van der Waals surface area (Å²) < 4.78 is 54.0. The zero-order valence-electron chi connectivity index (χ0n) is 11.0. The second-order valence-electron chi connectivity index (χ2n) is 5.10. The fourth-order valence-electron chi connectivity index (χ4n) is 2.23. The minimum Gasteiger partial charge on any atom is -0.327 e. The molecule has 112 valence electrons. The van der Waals surface area contributed by atoms with E-state index in [1.54, 1.807) is 6.07 Å². The zero-order valence-corrected chi connectivity index (χ0v) is 11.0.